The van der Waals surface area contributed by atoms with Crippen LogP contribution in [0.25, 0.3) is 61.8 Å². The van der Waals surface area contributed by atoms with E-state index in [4.69, 9.17) is 9.40 Å². The standard InChI is InChI=1S/C21H21N2.C20H17N2O.Ir/c1-14(2)17-13-16-11-8-12-18-19(16)23(21(17,3)4)20(22-18)15-9-6-5-7-10-15;1-12(2)14-9-10-21-18(11-14)17-6-4-5-15-16-8-7-13(3)22-20(16)23-19(15)17;/h5-9,11-14H,1-4H3;4-5,7-12H,1-3H3;/q2*-1;. The van der Waals surface area contributed by atoms with Gasteiger partial charge < -0.3 is 14.0 Å². The van der Waals surface area contributed by atoms with E-state index >= 15 is 0 Å². The van der Waals surface area contributed by atoms with Crippen LogP contribution >= 0.6 is 0 Å². The summed E-state index contributed by atoms with van der Waals surface area (Å²) in [4.78, 5) is 14.0. The van der Waals surface area contributed by atoms with Crippen molar-refractivity contribution in [1.82, 2.24) is 19.5 Å². The fourth-order valence-corrected chi connectivity index (χ4v) is 6.72. The number of pyridine rings is 2. The summed E-state index contributed by atoms with van der Waals surface area (Å²) >= 11 is 0. The summed E-state index contributed by atoms with van der Waals surface area (Å²) in [7, 11) is 0. The molecule has 0 N–H and O–H groups in total. The Hall–Kier alpha value is -4.38. The molecule has 0 fully saturated rings. The Morgan fingerprint density at radius 3 is 2.40 bits per heavy atom. The topological polar surface area (TPSA) is 56.7 Å². The number of allylic oxidation sites excluding steroid dienone is 1. The van der Waals surface area contributed by atoms with Crippen LogP contribution in [0.1, 0.15) is 64.3 Å². The van der Waals surface area contributed by atoms with Gasteiger partial charge in [-0.15, -0.1) is 54.1 Å². The normalized spacial score (nSPS) is 13.5. The van der Waals surface area contributed by atoms with Gasteiger partial charge in [0, 0.05) is 37.4 Å². The molecule has 0 saturated heterocycles. The number of imidazole rings is 1. The van der Waals surface area contributed by atoms with Gasteiger partial charge in [0.15, 0.2) is 0 Å². The van der Waals surface area contributed by atoms with Gasteiger partial charge in [0.25, 0.3) is 0 Å². The van der Waals surface area contributed by atoms with Crippen molar-refractivity contribution < 1.29 is 24.5 Å². The molecule has 6 heteroatoms. The zero-order valence-corrected chi connectivity index (χ0v) is 30.2. The molecule has 0 atom stereocenters. The van der Waals surface area contributed by atoms with E-state index in [0.717, 1.165) is 50.2 Å². The maximum atomic E-state index is 6.04. The monoisotopic (exact) mass is 795 g/mol. The maximum Gasteiger partial charge on any atom is 0.216 e. The summed E-state index contributed by atoms with van der Waals surface area (Å²) in [5.41, 5.74) is 11.4. The zero-order chi connectivity index (χ0) is 32.2. The van der Waals surface area contributed by atoms with E-state index in [2.05, 4.69) is 117 Å². The second-order valence-corrected chi connectivity index (χ2v) is 13.2. The van der Waals surface area contributed by atoms with E-state index in [0.29, 0.717) is 17.5 Å². The Balaban J connectivity index is 0.000000161. The van der Waals surface area contributed by atoms with E-state index in [1.165, 1.54) is 22.2 Å². The first kappa shape index (κ1) is 32.6. The fourth-order valence-electron chi connectivity index (χ4n) is 6.72. The summed E-state index contributed by atoms with van der Waals surface area (Å²) in [5, 5.41) is 2.08. The number of para-hydroxylation sites is 1. The number of hydrogen-bond donors (Lipinski definition) is 0. The van der Waals surface area contributed by atoms with Gasteiger partial charge in [0.2, 0.25) is 5.71 Å². The number of fused-ring (bicyclic) bond motifs is 3. The van der Waals surface area contributed by atoms with Crippen molar-refractivity contribution in [3.63, 3.8) is 0 Å². The third kappa shape index (κ3) is 5.75. The number of hydrogen-bond acceptors (Lipinski definition) is 4. The second-order valence-electron chi connectivity index (χ2n) is 13.2. The molecule has 1 aliphatic heterocycles. The minimum Gasteiger partial charge on any atom is -0.486 e. The molecule has 47 heavy (non-hydrogen) atoms. The molecule has 1 radical (unpaired) electrons. The molecular weight excluding hydrogens is 757 g/mol. The molecule has 8 rings (SSSR count). The van der Waals surface area contributed by atoms with Crippen molar-refractivity contribution in [2.45, 2.75) is 59.9 Å². The second kappa shape index (κ2) is 12.7. The average molecular weight is 795 g/mol. The van der Waals surface area contributed by atoms with Crippen LogP contribution < -0.4 is 0 Å². The van der Waals surface area contributed by atoms with Crippen LogP contribution in [0.2, 0.25) is 0 Å². The minimum atomic E-state index is -0.101. The largest absolute Gasteiger partial charge is 0.486 e. The summed E-state index contributed by atoms with van der Waals surface area (Å²) in [6.45, 7) is 15.4. The third-order valence-corrected chi connectivity index (χ3v) is 9.00. The number of aryl methyl sites for hydroxylation is 1. The van der Waals surface area contributed by atoms with Gasteiger partial charge in [-0.2, -0.15) is 0 Å². The van der Waals surface area contributed by atoms with Gasteiger partial charge in [0.1, 0.15) is 0 Å². The van der Waals surface area contributed by atoms with E-state index in [1.54, 1.807) is 0 Å². The smallest absolute Gasteiger partial charge is 0.216 e. The molecule has 5 nitrogen and oxygen atoms in total. The van der Waals surface area contributed by atoms with Crippen molar-refractivity contribution in [1.29, 1.82) is 0 Å². The van der Waals surface area contributed by atoms with Gasteiger partial charge in [-0.25, -0.2) is 4.98 Å². The quantitative estimate of drug-likeness (QED) is 0.167. The molecule has 5 heterocycles. The van der Waals surface area contributed by atoms with E-state index in [9.17, 15) is 0 Å². The number of benzene rings is 3. The van der Waals surface area contributed by atoms with Crippen LogP contribution in [0.3, 0.4) is 0 Å². The zero-order valence-electron chi connectivity index (χ0n) is 27.8. The van der Waals surface area contributed by atoms with Crippen LogP contribution in [0.15, 0.2) is 95.0 Å². The van der Waals surface area contributed by atoms with Crippen LogP contribution in [0.4, 0.5) is 0 Å². The molecule has 1 aliphatic rings. The van der Waals surface area contributed by atoms with E-state index in [1.807, 2.05) is 49.5 Å². The van der Waals surface area contributed by atoms with Crippen LogP contribution in [0.5, 0.6) is 0 Å². The predicted octanol–water partition coefficient (Wildman–Crippen LogP) is 10.6. The molecule has 3 aromatic carbocycles. The first-order valence-electron chi connectivity index (χ1n) is 16.0. The van der Waals surface area contributed by atoms with Gasteiger partial charge in [-0.3, -0.25) is 4.98 Å². The predicted molar refractivity (Wildman–Crippen MR) is 189 cm³/mol. The molecule has 4 aromatic heterocycles. The van der Waals surface area contributed by atoms with Crippen LogP contribution in [0, 0.1) is 25.0 Å². The Bertz CT molecular complexity index is 2260. The summed E-state index contributed by atoms with van der Waals surface area (Å²) in [5.74, 6) is 1.95. The molecular formula is C41H38IrN4O-2. The average Bonchev–Trinajstić information content (AvgIpc) is 3.63. The Kier molecular flexibility index (Phi) is 8.78. The molecule has 0 amide bonds. The number of nitrogens with zero attached hydrogens (tertiary/aromatic N) is 4. The van der Waals surface area contributed by atoms with E-state index in [-0.39, 0.29) is 25.6 Å². The molecule has 7 aromatic rings. The first-order chi connectivity index (χ1) is 22.1. The molecule has 0 aliphatic carbocycles. The minimum absolute atomic E-state index is 0. The summed E-state index contributed by atoms with van der Waals surface area (Å²) in [6.07, 6.45) is 4.20. The molecule has 0 saturated carbocycles. The number of rotatable bonds is 4. The van der Waals surface area contributed by atoms with Crippen molar-refractivity contribution >= 4 is 39.2 Å². The molecule has 239 valence electrons. The summed E-state index contributed by atoms with van der Waals surface area (Å²) < 4.78 is 8.44. The van der Waals surface area contributed by atoms with Crippen molar-refractivity contribution in [2.75, 3.05) is 0 Å². The van der Waals surface area contributed by atoms with Gasteiger partial charge in [-0.05, 0) is 73.7 Å². The number of aromatic nitrogens is 4. The van der Waals surface area contributed by atoms with Crippen molar-refractivity contribution in [2.24, 2.45) is 5.92 Å². The van der Waals surface area contributed by atoms with Crippen molar-refractivity contribution in [3.05, 3.63) is 120 Å². The van der Waals surface area contributed by atoms with Crippen LogP contribution in [-0.4, -0.2) is 19.5 Å². The van der Waals surface area contributed by atoms with Gasteiger partial charge >= 0.3 is 0 Å². The summed E-state index contributed by atoms with van der Waals surface area (Å²) in [6, 6.07) is 33.3. The third-order valence-electron chi connectivity index (χ3n) is 9.00. The first-order valence-corrected chi connectivity index (χ1v) is 16.0. The Morgan fingerprint density at radius 2 is 1.66 bits per heavy atom. The Morgan fingerprint density at radius 1 is 0.830 bits per heavy atom. The van der Waals surface area contributed by atoms with Gasteiger partial charge in [0.05, 0.1) is 28.0 Å². The number of furan rings is 1. The SMILES string of the molecule is CC(C)C1=Cc2cccc3nc(-c4[c-]cccc4)n(c23)C1(C)C.Cc1ccc2c(n1)oc1c(-c3cc(C(C)C)ccn3)[c-]ccc12.[Ir]. The van der Waals surface area contributed by atoms with E-state index < -0.39 is 0 Å². The molecule has 0 spiro atoms. The molecule has 0 unspecified atom stereocenters. The Labute approximate surface area is 290 Å². The van der Waals surface area contributed by atoms with Gasteiger partial charge in [-0.1, -0.05) is 68.5 Å². The maximum absolute atomic E-state index is 6.04. The van der Waals surface area contributed by atoms with Crippen LogP contribution in [-0.2, 0) is 25.6 Å². The molecule has 0 bridgehead atoms. The fraction of sp³-hybridized carbons (Fsp3) is 0.244. The van der Waals surface area contributed by atoms with Crippen molar-refractivity contribution in [3.8, 4) is 22.6 Å².